The molecule has 3 amide bonds. The summed E-state index contributed by atoms with van der Waals surface area (Å²) >= 11 is 0. The van der Waals surface area contributed by atoms with Crippen molar-refractivity contribution < 1.29 is 32.2 Å². The summed E-state index contributed by atoms with van der Waals surface area (Å²) in [6.07, 6.45) is -3.00. The highest BCUT2D eigenvalue weighted by molar-refractivity contribution is 5.97. The van der Waals surface area contributed by atoms with Crippen LogP contribution in [0.3, 0.4) is 0 Å². The van der Waals surface area contributed by atoms with Crippen molar-refractivity contribution in [2.24, 2.45) is 0 Å². The van der Waals surface area contributed by atoms with Crippen molar-refractivity contribution in [2.75, 3.05) is 44.7 Å². The van der Waals surface area contributed by atoms with Crippen LogP contribution < -0.4 is 14.4 Å². The van der Waals surface area contributed by atoms with Gasteiger partial charge in [0.05, 0.1) is 19.3 Å². The van der Waals surface area contributed by atoms with Crippen LogP contribution in [0.2, 0.25) is 0 Å². The Morgan fingerprint density at radius 1 is 1.18 bits per heavy atom. The molecule has 2 aromatic rings. The molecular weight excluding hydrogens is 455 g/mol. The van der Waals surface area contributed by atoms with Gasteiger partial charge in [-0.05, 0) is 31.0 Å². The van der Waals surface area contributed by atoms with Gasteiger partial charge in [-0.2, -0.15) is 18.2 Å². The molecule has 0 bridgehead atoms. The SMILES string of the molecule is COc1ccccc1N1CCN(CC(=O)N2CCCC(Oc3nccc(C(F)(F)F)n3)C2)C1=O. The second-order valence-electron chi connectivity index (χ2n) is 7.97. The zero-order valence-electron chi connectivity index (χ0n) is 18.5. The van der Waals surface area contributed by atoms with Gasteiger partial charge in [0.25, 0.3) is 0 Å². The number of urea groups is 1. The minimum atomic E-state index is -4.60. The van der Waals surface area contributed by atoms with Crippen molar-refractivity contribution >= 4 is 17.6 Å². The van der Waals surface area contributed by atoms with E-state index in [2.05, 4.69) is 9.97 Å². The Bertz CT molecular complexity index is 1050. The Kier molecular flexibility index (Phi) is 6.75. The van der Waals surface area contributed by atoms with Crippen molar-refractivity contribution in [3.05, 3.63) is 42.2 Å². The summed E-state index contributed by atoms with van der Waals surface area (Å²) in [6.45, 7) is 1.36. The van der Waals surface area contributed by atoms with E-state index in [4.69, 9.17) is 9.47 Å². The van der Waals surface area contributed by atoms with E-state index < -0.39 is 18.0 Å². The summed E-state index contributed by atoms with van der Waals surface area (Å²) in [4.78, 5) is 37.6. The second-order valence-corrected chi connectivity index (χ2v) is 7.97. The van der Waals surface area contributed by atoms with Gasteiger partial charge < -0.3 is 19.3 Å². The maximum absolute atomic E-state index is 12.9. The molecule has 0 aliphatic carbocycles. The zero-order chi connectivity index (χ0) is 24.3. The number of amides is 3. The van der Waals surface area contributed by atoms with Crippen LogP contribution in [0.4, 0.5) is 23.7 Å². The topological polar surface area (TPSA) is 88.1 Å². The zero-order valence-corrected chi connectivity index (χ0v) is 18.5. The number of para-hydroxylation sites is 2. The lowest BCUT2D eigenvalue weighted by atomic mass is 10.1. The number of rotatable bonds is 6. The van der Waals surface area contributed by atoms with Gasteiger partial charge in [0.1, 0.15) is 18.4 Å². The molecule has 2 aliphatic heterocycles. The van der Waals surface area contributed by atoms with Crippen LogP contribution in [0.25, 0.3) is 0 Å². The molecular formula is C22H24F3N5O4. The lowest BCUT2D eigenvalue weighted by Crippen LogP contribution is -2.48. The van der Waals surface area contributed by atoms with E-state index in [0.29, 0.717) is 43.9 Å². The Labute approximate surface area is 194 Å². The number of aromatic nitrogens is 2. The number of benzene rings is 1. The number of anilines is 1. The number of hydrogen-bond acceptors (Lipinski definition) is 6. The Hall–Kier alpha value is -3.57. The van der Waals surface area contributed by atoms with Gasteiger partial charge in [-0.3, -0.25) is 9.69 Å². The molecule has 0 N–H and O–H groups in total. The average Bonchev–Trinajstić information content (AvgIpc) is 3.18. The highest BCUT2D eigenvalue weighted by Gasteiger charge is 2.35. The first-order valence-electron chi connectivity index (χ1n) is 10.8. The normalized spacial score (nSPS) is 18.9. The fourth-order valence-corrected chi connectivity index (χ4v) is 4.03. The molecule has 0 radical (unpaired) electrons. The molecule has 1 unspecified atom stereocenters. The number of piperidine rings is 1. The number of carbonyl (C=O) groups excluding carboxylic acids is 2. The molecule has 1 atom stereocenters. The molecule has 182 valence electrons. The smallest absolute Gasteiger partial charge is 0.433 e. The van der Waals surface area contributed by atoms with Crippen LogP contribution in [0.1, 0.15) is 18.5 Å². The van der Waals surface area contributed by atoms with Crippen molar-refractivity contribution in [2.45, 2.75) is 25.1 Å². The second kappa shape index (κ2) is 9.74. The maximum atomic E-state index is 12.9. The fraction of sp³-hybridized carbons (Fsp3) is 0.455. The van der Waals surface area contributed by atoms with Gasteiger partial charge in [-0.25, -0.2) is 9.78 Å². The van der Waals surface area contributed by atoms with Crippen molar-refractivity contribution in [1.29, 1.82) is 0 Å². The van der Waals surface area contributed by atoms with Crippen molar-refractivity contribution in [1.82, 2.24) is 19.8 Å². The summed E-state index contributed by atoms with van der Waals surface area (Å²) in [7, 11) is 1.53. The molecule has 9 nitrogen and oxygen atoms in total. The predicted octanol–water partition coefficient (Wildman–Crippen LogP) is 2.82. The number of hydrogen-bond donors (Lipinski definition) is 0. The number of halogens is 3. The molecule has 2 saturated heterocycles. The average molecular weight is 479 g/mol. The van der Waals surface area contributed by atoms with E-state index in [-0.39, 0.29) is 31.0 Å². The largest absolute Gasteiger partial charge is 0.495 e. The molecule has 34 heavy (non-hydrogen) atoms. The standard InChI is InChI=1S/C22H24F3N5O4/c1-33-17-7-3-2-6-16(17)30-12-11-29(21(30)32)14-19(31)28-10-4-5-15(13-28)34-20-26-9-8-18(27-20)22(23,24)25/h2-3,6-9,15H,4-5,10-14H2,1H3. The van der Waals surface area contributed by atoms with Crippen LogP contribution in [0.15, 0.2) is 36.5 Å². The summed E-state index contributed by atoms with van der Waals surface area (Å²) in [6, 6.07) is 7.26. The molecule has 2 aliphatic rings. The van der Waals surface area contributed by atoms with Gasteiger partial charge in [0.2, 0.25) is 5.91 Å². The van der Waals surface area contributed by atoms with E-state index in [9.17, 15) is 22.8 Å². The Morgan fingerprint density at radius 2 is 1.97 bits per heavy atom. The van der Waals surface area contributed by atoms with E-state index in [1.54, 1.807) is 28.0 Å². The third-order valence-electron chi connectivity index (χ3n) is 5.72. The molecule has 0 saturated carbocycles. The Balaban J connectivity index is 1.35. The van der Waals surface area contributed by atoms with Crippen molar-refractivity contribution in [3.63, 3.8) is 0 Å². The van der Waals surface area contributed by atoms with E-state index in [0.717, 1.165) is 12.3 Å². The van der Waals surface area contributed by atoms with Gasteiger partial charge in [0.15, 0.2) is 5.69 Å². The highest BCUT2D eigenvalue weighted by atomic mass is 19.4. The van der Waals surface area contributed by atoms with Crippen LogP contribution >= 0.6 is 0 Å². The maximum Gasteiger partial charge on any atom is 0.433 e. The number of ether oxygens (including phenoxy) is 2. The van der Waals surface area contributed by atoms with Gasteiger partial charge in [0, 0.05) is 25.8 Å². The molecule has 1 aromatic heterocycles. The number of carbonyl (C=O) groups is 2. The lowest BCUT2D eigenvalue weighted by Gasteiger charge is -2.33. The van der Waals surface area contributed by atoms with Gasteiger partial charge in [-0.15, -0.1) is 0 Å². The summed E-state index contributed by atoms with van der Waals surface area (Å²) in [5, 5.41) is 0. The number of nitrogens with zero attached hydrogens (tertiary/aromatic N) is 5. The van der Waals surface area contributed by atoms with Gasteiger partial charge in [-0.1, -0.05) is 12.1 Å². The third-order valence-corrected chi connectivity index (χ3v) is 5.72. The molecule has 1 aromatic carbocycles. The summed E-state index contributed by atoms with van der Waals surface area (Å²) in [5.41, 5.74) is -0.453. The van der Waals surface area contributed by atoms with Gasteiger partial charge >= 0.3 is 18.2 Å². The van der Waals surface area contributed by atoms with Crippen LogP contribution in [-0.2, 0) is 11.0 Å². The predicted molar refractivity (Wildman–Crippen MR) is 115 cm³/mol. The van der Waals surface area contributed by atoms with Crippen molar-refractivity contribution in [3.8, 4) is 11.8 Å². The highest BCUT2D eigenvalue weighted by Crippen LogP contribution is 2.31. The van der Waals surface area contributed by atoms with Crippen LogP contribution in [0, 0.1) is 0 Å². The summed E-state index contributed by atoms with van der Waals surface area (Å²) in [5.74, 6) is 0.311. The number of alkyl halides is 3. The van der Waals surface area contributed by atoms with Crippen LogP contribution in [-0.4, -0.2) is 77.6 Å². The first kappa shape index (κ1) is 23.6. The molecule has 12 heteroatoms. The fourth-order valence-electron chi connectivity index (χ4n) is 4.03. The number of methoxy groups -OCH3 is 1. The molecule has 2 fully saturated rings. The molecule has 3 heterocycles. The minimum Gasteiger partial charge on any atom is -0.495 e. The first-order chi connectivity index (χ1) is 16.3. The van der Waals surface area contributed by atoms with Crippen LogP contribution in [0.5, 0.6) is 11.8 Å². The van der Waals surface area contributed by atoms with E-state index in [1.807, 2.05) is 6.07 Å². The quantitative estimate of drug-likeness (QED) is 0.633. The molecule has 0 spiro atoms. The third kappa shape index (κ3) is 5.15. The first-order valence-corrected chi connectivity index (χ1v) is 10.8. The molecule has 4 rings (SSSR count). The monoisotopic (exact) mass is 479 g/mol. The van der Waals surface area contributed by atoms with E-state index in [1.165, 1.54) is 12.0 Å². The van der Waals surface area contributed by atoms with E-state index >= 15 is 0 Å². The Morgan fingerprint density at radius 3 is 2.74 bits per heavy atom. The summed E-state index contributed by atoms with van der Waals surface area (Å²) < 4.78 is 49.5. The number of likely N-dealkylation sites (tertiary alicyclic amines) is 1. The minimum absolute atomic E-state index is 0.0999. The lowest BCUT2D eigenvalue weighted by molar-refractivity contribution is -0.141.